The first-order chi connectivity index (χ1) is 8.53. The van der Waals surface area contributed by atoms with Gasteiger partial charge in [0.1, 0.15) is 5.82 Å². The Hall–Kier alpha value is -1.25. The summed E-state index contributed by atoms with van der Waals surface area (Å²) in [6, 6.07) is 1.60. The van der Waals surface area contributed by atoms with Gasteiger partial charge in [-0.15, -0.1) is 0 Å². The second-order valence-corrected chi connectivity index (χ2v) is 5.02. The number of hydrogen-bond acceptors (Lipinski definition) is 7. The van der Waals surface area contributed by atoms with E-state index in [1.54, 1.807) is 6.07 Å². The molecule has 10 heteroatoms. The fourth-order valence-corrected chi connectivity index (χ4v) is 1.48. The number of H-pyrrole nitrogens is 1. The Morgan fingerprint density at radius 2 is 2.33 bits per heavy atom. The molecule has 0 amide bonds. The largest absolute Gasteiger partial charge is 0.380 e. The zero-order chi connectivity index (χ0) is 13.4. The van der Waals surface area contributed by atoms with Gasteiger partial charge < -0.3 is 14.9 Å². The molecule has 0 saturated carbocycles. The van der Waals surface area contributed by atoms with Gasteiger partial charge in [0.25, 0.3) is 0 Å². The lowest BCUT2D eigenvalue weighted by molar-refractivity contribution is -0.149. The van der Waals surface area contributed by atoms with Crippen molar-refractivity contribution in [1.29, 1.82) is 0 Å². The van der Waals surface area contributed by atoms with Crippen LogP contribution in [0.25, 0.3) is 0 Å². The summed E-state index contributed by atoms with van der Waals surface area (Å²) >= 11 is 0. The van der Waals surface area contributed by atoms with Crippen molar-refractivity contribution in [2.75, 3.05) is 24.8 Å². The summed E-state index contributed by atoms with van der Waals surface area (Å²) in [5.74, 6) is 0.529. The molecule has 9 nitrogen and oxygen atoms in total. The molecule has 18 heavy (non-hydrogen) atoms. The number of aromatic amines is 1. The van der Waals surface area contributed by atoms with E-state index in [2.05, 4.69) is 20.0 Å². The lowest BCUT2D eigenvalue weighted by Gasteiger charge is -2.08. The molecule has 0 fully saturated rings. The average Bonchev–Trinajstić information content (AvgIpc) is 2.34. The number of anilines is 1. The number of nitrogens with one attached hydrogen (secondary N) is 2. The minimum Gasteiger partial charge on any atom is -0.371 e. The zero-order valence-electron chi connectivity index (χ0n) is 9.40. The highest BCUT2D eigenvalue weighted by molar-refractivity contribution is 7.52. The molecule has 0 aliphatic carbocycles. The summed E-state index contributed by atoms with van der Waals surface area (Å²) < 4.78 is 18.9. The Bertz CT molecular complexity index is 464. The van der Waals surface area contributed by atoms with Crippen molar-refractivity contribution in [1.82, 2.24) is 9.97 Å². The van der Waals surface area contributed by atoms with Gasteiger partial charge in [0, 0.05) is 19.3 Å². The van der Waals surface area contributed by atoms with Gasteiger partial charge in [-0.2, -0.15) is 4.67 Å². The number of aromatic nitrogens is 2. The fraction of sp³-hybridized carbons (Fsp3) is 0.500. The van der Waals surface area contributed by atoms with Crippen LogP contribution in [0.5, 0.6) is 0 Å². The van der Waals surface area contributed by atoms with E-state index in [4.69, 9.17) is 14.9 Å². The number of rotatable bonds is 8. The van der Waals surface area contributed by atoms with Crippen LogP contribution in [0.1, 0.15) is 6.42 Å². The normalized spacial score (nSPS) is 14.1. The molecule has 1 heterocycles. The summed E-state index contributed by atoms with van der Waals surface area (Å²) in [7, 11) is -4.03. The summed E-state index contributed by atoms with van der Waals surface area (Å²) in [5, 5.41) is 10.9. The molecule has 1 unspecified atom stereocenters. The third-order valence-electron chi connectivity index (χ3n) is 1.84. The second kappa shape index (κ2) is 7.24. The first kappa shape index (κ1) is 14.8. The first-order valence-corrected chi connectivity index (χ1v) is 6.82. The molecule has 1 rings (SSSR count). The minimum atomic E-state index is -4.03. The summed E-state index contributed by atoms with van der Waals surface area (Å²) in [6.07, 6.45) is 1.34. The van der Waals surface area contributed by atoms with Gasteiger partial charge in [0.05, 0.1) is 0 Å². The quantitative estimate of drug-likeness (QED) is 0.230. The van der Waals surface area contributed by atoms with Crippen LogP contribution < -0.4 is 11.0 Å². The van der Waals surface area contributed by atoms with Gasteiger partial charge in [-0.3, -0.25) is 9.55 Å². The highest BCUT2D eigenvalue weighted by Crippen LogP contribution is 2.39. The summed E-state index contributed by atoms with van der Waals surface area (Å²) in [5.41, 5.74) is -0.447. The Labute approximate surface area is 102 Å². The van der Waals surface area contributed by atoms with Crippen molar-refractivity contribution in [2.45, 2.75) is 6.42 Å². The molecule has 1 aromatic heterocycles. The van der Waals surface area contributed by atoms with E-state index in [-0.39, 0.29) is 6.61 Å². The maximum absolute atomic E-state index is 10.8. The predicted molar refractivity (Wildman–Crippen MR) is 62.3 cm³/mol. The monoisotopic (exact) mass is 279 g/mol. The summed E-state index contributed by atoms with van der Waals surface area (Å²) in [6.45, 7) is 0.700. The Balaban J connectivity index is 2.13. The van der Waals surface area contributed by atoms with Crippen LogP contribution in [-0.4, -0.2) is 39.6 Å². The van der Waals surface area contributed by atoms with Crippen LogP contribution >= 0.6 is 7.60 Å². The van der Waals surface area contributed by atoms with Crippen LogP contribution in [0.15, 0.2) is 17.1 Å². The van der Waals surface area contributed by atoms with Crippen molar-refractivity contribution in [2.24, 2.45) is 0 Å². The van der Waals surface area contributed by atoms with Crippen LogP contribution in [0.3, 0.4) is 0 Å². The fourth-order valence-electron chi connectivity index (χ4n) is 1.07. The van der Waals surface area contributed by atoms with E-state index in [1.807, 2.05) is 0 Å². The lowest BCUT2D eigenvalue weighted by atomic mass is 10.4. The van der Waals surface area contributed by atoms with Gasteiger partial charge in [-0.05, 0) is 12.5 Å². The maximum atomic E-state index is 10.8. The van der Waals surface area contributed by atoms with Crippen LogP contribution in [0.2, 0.25) is 0 Å². The van der Waals surface area contributed by atoms with Crippen molar-refractivity contribution in [3.63, 3.8) is 0 Å². The molecule has 0 spiro atoms. The molecular formula is C8H14N3O6P. The molecule has 0 saturated heterocycles. The van der Waals surface area contributed by atoms with Crippen LogP contribution in [-0.2, 0) is 14.0 Å². The van der Waals surface area contributed by atoms with Gasteiger partial charge in [0.2, 0.25) is 0 Å². The highest BCUT2D eigenvalue weighted by atomic mass is 31.2. The molecule has 0 aliphatic heterocycles. The van der Waals surface area contributed by atoms with E-state index < -0.39 is 19.6 Å². The van der Waals surface area contributed by atoms with Crippen LogP contribution in [0, 0.1) is 0 Å². The van der Waals surface area contributed by atoms with Crippen molar-refractivity contribution < 1.29 is 24.1 Å². The second-order valence-electron chi connectivity index (χ2n) is 3.33. The Kier molecular flexibility index (Phi) is 5.96. The molecular weight excluding hydrogens is 265 g/mol. The molecule has 0 radical (unpaired) electrons. The van der Waals surface area contributed by atoms with Gasteiger partial charge >= 0.3 is 13.3 Å². The standard InChI is InChI=1S/C8H14N3O6P/c12-8-10-4-2-7(11-8)9-3-1-5-16-6-18(14,15)17-13/h2,4,13H,1,3,5-6H2,(H,14,15)(H2,9,10,11,12). The molecule has 4 N–H and O–H groups in total. The molecule has 0 bridgehead atoms. The number of ether oxygens (including phenoxy) is 1. The van der Waals surface area contributed by atoms with Crippen LogP contribution in [0.4, 0.5) is 5.82 Å². The van der Waals surface area contributed by atoms with Crippen molar-refractivity contribution >= 4 is 13.4 Å². The molecule has 0 aliphatic rings. The van der Waals surface area contributed by atoms with E-state index in [0.717, 1.165) is 0 Å². The lowest BCUT2D eigenvalue weighted by Crippen LogP contribution is -2.14. The van der Waals surface area contributed by atoms with Gasteiger partial charge in [-0.1, -0.05) is 0 Å². The Morgan fingerprint density at radius 3 is 3.00 bits per heavy atom. The minimum absolute atomic E-state index is 0.205. The molecule has 1 aromatic rings. The smallest absolute Gasteiger partial charge is 0.371 e. The third kappa shape index (κ3) is 5.89. The first-order valence-electron chi connectivity index (χ1n) is 5.05. The van der Waals surface area contributed by atoms with Crippen molar-refractivity contribution in [3.8, 4) is 0 Å². The van der Waals surface area contributed by atoms with E-state index in [1.165, 1.54) is 6.20 Å². The maximum Gasteiger partial charge on any atom is 0.380 e. The third-order valence-corrected chi connectivity index (χ3v) is 2.60. The van der Waals surface area contributed by atoms with E-state index in [9.17, 15) is 9.36 Å². The Morgan fingerprint density at radius 1 is 1.56 bits per heavy atom. The molecule has 1 atom stereocenters. The van der Waals surface area contributed by atoms with E-state index in [0.29, 0.717) is 18.8 Å². The van der Waals surface area contributed by atoms with Gasteiger partial charge in [0.15, 0.2) is 6.35 Å². The topological polar surface area (TPSA) is 134 Å². The van der Waals surface area contributed by atoms with Crippen molar-refractivity contribution in [3.05, 3.63) is 22.7 Å². The number of nitrogens with zero attached hydrogens (tertiary/aromatic N) is 1. The molecule has 102 valence electrons. The highest BCUT2D eigenvalue weighted by Gasteiger charge is 2.18. The molecule has 0 aromatic carbocycles. The predicted octanol–water partition coefficient (Wildman–Crippen LogP) is 0.221. The number of hydrogen-bond donors (Lipinski definition) is 4. The van der Waals surface area contributed by atoms with Gasteiger partial charge in [-0.25, -0.2) is 15.0 Å². The van der Waals surface area contributed by atoms with E-state index >= 15 is 0 Å². The zero-order valence-corrected chi connectivity index (χ0v) is 10.3. The SMILES string of the molecule is O=c1nccc(NCCCOCP(=O)(O)OO)[nH]1. The average molecular weight is 279 g/mol. The summed E-state index contributed by atoms with van der Waals surface area (Å²) in [4.78, 5) is 25.6.